The summed E-state index contributed by atoms with van der Waals surface area (Å²) < 4.78 is 13.7. The number of amides is 2. The number of imidazole rings is 1. The first-order chi connectivity index (χ1) is 18.9. The number of hydrogen-bond acceptors (Lipinski definition) is 5. The van der Waals surface area contributed by atoms with Crippen LogP contribution in [0.3, 0.4) is 0 Å². The van der Waals surface area contributed by atoms with Crippen molar-refractivity contribution in [2.45, 2.75) is 37.8 Å². The van der Waals surface area contributed by atoms with E-state index in [1.54, 1.807) is 42.5 Å². The largest absolute Gasteiger partial charge is 0.363 e. The lowest BCUT2D eigenvalue weighted by atomic mass is 9.93. The third-order valence-corrected chi connectivity index (χ3v) is 7.61. The molecule has 3 heterocycles. The molecule has 0 spiro atoms. The fourth-order valence-electron chi connectivity index (χ4n) is 5.67. The number of aromatic amines is 1. The molecular weight excluding hydrogens is 497 g/mol. The molecule has 2 aliphatic heterocycles. The van der Waals surface area contributed by atoms with Gasteiger partial charge in [0, 0.05) is 28.8 Å². The van der Waals surface area contributed by atoms with Gasteiger partial charge < -0.3 is 15.0 Å². The molecule has 8 nitrogen and oxygen atoms in total. The first kappa shape index (κ1) is 25.2. The van der Waals surface area contributed by atoms with Gasteiger partial charge in [-0.1, -0.05) is 30.7 Å². The lowest BCUT2D eigenvalue weighted by Crippen LogP contribution is -2.45. The van der Waals surface area contributed by atoms with Crippen LogP contribution in [0.25, 0.3) is 11.0 Å². The number of carbonyl (C=O) groups is 2. The monoisotopic (exact) mass is 527 g/mol. The van der Waals surface area contributed by atoms with E-state index in [-0.39, 0.29) is 11.8 Å². The Hall–Kier alpha value is -4.08. The van der Waals surface area contributed by atoms with Crippen molar-refractivity contribution in [3.63, 3.8) is 0 Å². The number of halogens is 1. The summed E-state index contributed by atoms with van der Waals surface area (Å²) in [7, 11) is 0. The van der Waals surface area contributed by atoms with Crippen LogP contribution >= 0.6 is 0 Å². The van der Waals surface area contributed by atoms with Crippen molar-refractivity contribution in [2.75, 3.05) is 29.9 Å². The molecule has 0 bridgehead atoms. The molecule has 1 fully saturated rings. The molecule has 0 aliphatic carbocycles. The van der Waals surface area contributed by atoms with Gasteiger partial charge in [-0.2, -0.15) is 0 Å². The molecule has 6 rings (SSSR count). The molecule has 0 radical (unpaired) electrons. The minimum Gasteiger partial charge on any atom is -0.363 e. The van der Waals surface area contributed by atoms with E-state index in [2.05, 4.69) is 20.2 Å². The first-order valence-electron chi connectivity index (χ1n) is 13.4. The van der Waals surface area contributed by atoms with Crippen molar-refractivity contribution < 1.29 is 19.1 Å². The van der Waals surface area contributed by atoms with Crippen LogP contribution < -0.4 is 10.2 Å². The van der Waals surface area contributed by atoms with Gasteiger partial charge >= 0.3 is 0 Å². The molecule has 2 amide bonds. The van der Waals surface area contributed by atoms with Gasteiger partial charge in [-0.25, -0.2) is 9.37 Å². The summed E-state index contributed by atoms with van der Waals surface area (Å²) in [5, 5.41) is 15.0. The number of benzene rings is 3. The maximum Gasteiger partial charge on any atom is 0.261 e. The molecule has 3 aromatic carbocycles. The Morgan fingerprint density at radius 3 is 2.62 bits per heavy atom. The second-order valence-electron chi connectivity index (χ2n) is 10.2. The Morgan fingerprint density at radius 1 is 1.05 bits per heavy atom. The molecular formula is C30H30FN5O3. The molecule has 1 atom stereocenters. The van der Waals surface area contributed by atoms with Gasteiger partial charge in [-0.05, 0) is 81.4 Å². The SMILES string of the molecule is O=C(CCCN1CCCCC1)Nc1nc2ccc(C3(O)c4ccccc4C(=O)N3c3ccc(F)cc3)cc2[nH]1. The van der Waals surface area contributed by atoms with Gasteiger partial charge in [0.1, 0.15) is 5.82 Å². The Balaban J connectivity index is 1.26. The molecule has 1 aromatic heterocycles. The quantitative estimate of drug-likeness (QED) is 0.322. The van der Waals surface area contributed by atoms with Crippen molar-refractivity contribution >= 4 is 34.5 Å². The van der Waals surface area contributed by atoms with E-state index < -0.39 is 11.5 Å². The number of piperidine rings is 1. The summed E-state index contributed by atoms with van der Waals surface area (Å²) in [6.45, 7) is 3.13. The summed E-state index contributed by atoms with van der Waals surface area (Å²) in [4.78, 5) is 37.3. The average Bonchev–Trinajstić information content (AvgIpc) is 3.45. The van der Waals surface area contributed by atoms with E-state index in [1.165, 1.54) is 48.4 Å². The molecule has 1 unspecified atom stereocenters. The Labute approximate surface area is 225 Å². The minimum absolute atomic E-state index is 0.109. The first-order valence-corrected chi connectivity index (χ1v) is 13.4. The lowest BCUT2D eigenvalue weighted by Gasteiger charge is -2.34. The van der Waals surface area contributed by atoms with E-state index in [0.717, 1.165) is 26.1 Å². The molecule has 2 aliphatic rings. The van der Waals surface area contributed by atoms with Crippen LogP contribution in [0.1, 0.15) is 53.6 Å². The predicted octanol–water partition coefficient (Wildman–Crippen LogP) is 4.76. The number of rotatable bonds is 7. The van der Waals surface area contributed by atoms with E-state index in [0.29, 0.717) is 45.8 Å². The number of aromatic nitrogens is 2. The molecule has 0 saturated carbocycles. The van der Waals surface area contributed by atoms with Crippen molar-refractivity contribution in [1.82, 2.24) is 14.9 Å². The predicted molar refractivity (Wildman–Crippen MR) is 147 cm³/mol. The van der Waals surface area contributed by atoms with Crippen LogP contribution in [0.15, 0.2) is 66.7 Å². The Kier molecular flexibility index (Phi) is 6.62. The number of anilines is 2. The van der Waals surface area contributed by atoms with Gasteiger partial charge in [0.15, 0.2) is 5.72 Å². The second kappa shape index (κ2) is 10.2. The summed E-state index contributed by atoms with van der Waals surface area (Å²) >= 11 is 0. The highest BCUT2D eigenvalue weighted by Gasteiger charge is 2.50. The van der Waals surface area contributed by atoms with Gasteiger partial charge in [-0.3, -0.25) is 19.8 Å². The van der Waals surface area contributed by atoms with Gasteiger partial charge in [0.2, 0.25) is 11.9 Å². The van der Waals surface area contributed by atoms with Crippen molar-refractivity contribution in [3.05, 3.63) is 89.2 Å². The zero-order chi connectivity index (χ0) is 27.0. The zero-order valence-electron chi connectivity index (χ0n) is 21.5. The summed E-state index contributed by atoms with van der Waals surface area (Å²) in [5.74, 6) is -0.605. The smallest absolute Gasteiger partial charge is 0.261 e. The van der Waals surface area contributed by atoms with Crippen molar-refractivity contribution in [2.24, 2.45) is 0 Å². The molecule has 1 saturated heterocycles. The zero-order valence-corrected chi connectivity index (χ0v) is 21.5. The third kappa shape index (κ3) is 4.68. The van der Waals surface area contributed by atoms with Crippen LogP contribution in [0.4, 0.5) is 16.0 Å². The van der Waals surface area contributed by atoms with Crippen LogP contribution in [0, 0.1) is 5.82 Å². The summed E-state index contributed by atoms with van der Waals surface area (Å²) in [6, 6.07) is 17.5. The van der Waals surface area contributed by atoms with Crippen molar-refractivity contribution in [3.8, 4) is 0 Å². The number of hydrogen-bond donors (Lipinski definition) is 3. The lowest BCUT2D eigenvalue weighted by molar-refractivity contribution is -0.116. The second-order valence-corrected chi connectivity index (χ2v) is 10.2. The Morgan fingerprint density at radius 2 is 1.82 bits per heavy atom. The maximum atomic E-state index is 13.7. The fourth-order valence-corrected chi connectivity index (χ4v) is 5.67. The summed E-state index contributed by atoms with van der Waals surface area (Å²) in [6.07, 6.45) is 4.93. The van der Waals surface area contributed by atoms with E-state index in [1.807, 2.05) is 0 Å². The maximum absolute atomic E-state index is 13.7. The minimum atomic E-state index is -1.83. The van der Waals surface area contributed by atoms with Crippen LogP contribution in [0.5, 0.6) is 0 Å². The van der Waals surface area contributed by atoms with Gasteiger partial charge in [0.05, 0.1) is 11.0 Å². The Bertz CT molecular complexity index is 1530. The van der Waals surface area contributed by atoms with Gasteiger partial charge in [0.25, 0.3) is 5.91 Å². The molecule has 39 heavy (non-hydrogen) atoms. The molecule has 3 N–H and O–H groups in total. The number of fused-ring (bicyclic) bond motifs is 2. The van der Waals surface area contributed by atoms with E-state index in [9.17, 15) is 19.1 Å². The average molecular weight is 528 g/mol. The third-order valence-electron chi connectivity index (χ3n) is 7.61. The number of carbonyl (C=O) groups excluding carboxylic acids is 2. The highest BCUT2D eigenvalue weighted by Crippen LogP contribution is 2.45. The summed E-state index contributed by atoms with van der Waals surface area (Å²) in [5.41, 5.74) is 0.968. The van der Waals surface area contributed by atoms with Crippen LogP contribution in [-0.2, 0) is 10.5 Å². The van der Waals surface area contributed by atoms with Crippen molar-refractivity contribution in [1.29, 1.82) is 0 Å². The van der Waals surface area contributed by atoms with Crippen LogP contribution in [0.2, 0.25) is 0 Å². The molecule has 4 aromatic rings. The van der Waals surface area contributed by atoms with E-state index >= 15 is 0 Å². The van der Waals surface area contributed by atoms with E-state index in [4.69, 9.17) is 0 Å². The number of likely N-dealkylation sites (tertiary alicyclic amines) is 1. The number of H-pyrrole nitrogens is 1. The molecule has 9 heteroatoms. The normalized spacial score (nSPS) is 19.4. The highest BCUT2D eigenvalue weighted by atomic mass is 19.1. The topological polar surface area (TPSA) is 102 Å². The number of aliphatic hydroxyl groups is 1. The van der Waals surface area contributed by atoms with Crippen LogP contribution in [-0.4, -0.2) is 51.4 Å². The number of nitrogens with zero attached hydrogens (tertiary/aromatic N) is 3. The van der Waals surface area contributed by atoms with Gasteiger partial charge in [-0.15, -0.1) is 0 Å². The molecule has 200 valence electrons. The highest BCUT2D eigenvalue weighted by molar-refractivity contribution is 6.12. The fraction of sp³-hybridized carbons (Fsp3) is 0.300. The number of nitrogens with one attached hydrogen (secondary N) is 2. The standard InChI is InChI=1S/C30H30FN5O3/c31-21-11-13-22(14-12-21)36-28(38)23-7-2-3-8-24(23)30(36,39)20-10-15-25-26(19-20)33-29(32-25)34-27(37)9-6-18-35-16-4-1-5-17-35/h2-3,7-8,10-15,19,39H,1,4-6,9,16-18H2,(H2,32,33,34,37).